The third-order valence-corrected chi connectivity index (χ3v) is 5.85. The van der Waals surface area contributed by atoms with Crippen LogP contribution in [0.1, 0.15) is 11.1 Å². The molecule has 8 heteroatoms. The number of aromatic nitrogens is 2. The summed E-state index contributed by atoms with van der Waals surface area (Å²) < 4.78 is 22.8. The van der Waals surface area contributed by atoms with Crippen molar-refractivity contribution >= 4 is 21.5 Å². The highest BCUT2D eigenvalue weighted by Gasteiger charge is 2.12. The third-order valence-electron chi connectivity index (χ3n) is 5.11. The van der Waals surface area contributed by atoms with Crippen molar-refractivity contribution in [2.75, 3.05) is 11.9 Å². The van der Waals surface area contributed by atoms with Crippen molar-refractivity contribution in [3.8, 4) is 11.3 Å². The van der Waals surface area contributed by atoms with E-state index >= 15 is 0 Å². The maximum atomic E-state index is 11.4. The van der Waals surface area contributed by atoms with Crippen LogP contribution in [-0.2, 0) is 22.3 Å². The lowest BCUT2D eigenvalue weighted by Gasteiger charge is -2.26. The largest absolute Gasteiger partial charge is 0.340 e. The molecule has 176 valence electrons. The fourth-order valence-corrected chi connectivity index (χ4v) is 4.26. The molecule has 0 spiro atoms. The molecular weight excluding hydrogens is 446 g/mol. The van der Waals surface area contributed by atoms with Gasteiger partial charge in [-0.3, -0.25) is 4.90 Å². The first-order valence-corrected chi connectivity index (χ1v) is 12.4. The molecule has 0 saturated heterocycles. The van der Waals surface area contributed by atoms with Gasteiger partial charge in [0.15, 0.2) is 0 Å². The lowest BCUT2D eigenvalue weighted by molar-refractivity contribution is 0.279. The van der Waals surface area contributed by atoms with Crippen molar-refractivity contribution in [1.82, 2.24) is 14.9 Å². The molecule has 0 atom stereocenters. The van der Waals surface area contributed by atoms with Gasteiger partial charge in [-0.05, 0) is 29.3 Å². The Hall–Kier alpha value is -3.59. The predicted octanol–water partition coefficient (Wildman–Crippen LogP) is 4.40. The minimum Gasteiger partial charge on any atom is -0.340 e. The molecule has 3 N–H and O–H groups in total. The molecule has 0 radical (unpaired) electrons. The highest BCUT2D eigenvalue weighted by atomic mass is 32.2. The Balaban J connectivity index is 1.81. The second-order valence-electron chi connectivity index (χ2n) is 7.80. The summed E-state index contributed by atoms with van der Waals surface area (Å²) in [5.41, 5.74) is 4.14. The minimum absolute atomic E-state index is 0.0431. The van der Waals surface area contributed by atoms with Crippen molar-refractivity contribution in [2.24, 2.45) is 5.14 Å². The van der Waals surface area contributed by atoms with E-state index in [0.717, 1.165) is 16.8 Å². The van der Waals surface area contributed by atoms with Crippen LogP contribution in [-0.4, -0.2) is 35.9 Å². The number of anilines is 2. The SMILES string of the molecule is C=CCN(Cc1cccc(-c2cc(Nc3cccc(CS(N)(=O)=O)c3)ncn2)c1)C(C=C)C=C. The number of nitrogens with two attached hydrogens (primary N) is 1. The van der Waals surface area contributed by atoms with Gasteiger partial charge in [0.1, 0.15) is 12.1 Å². The molecule has 1 aromatic heterocycles. The Kier molecular flexibility index (Phi) is 8.48. The van der Waals surface area contributed by atoms with Crippen LogP contribution in [0.5, 0.6) is 0 Å². The van der Waals surface area contributed by atoms with Crippen LogP contribution in [0.2, 0.25) is 0 Å². The van der Waals surface area contributed by atoms with E-state index in [1.54, 1.807) is 18.2 Å². The smallest absolute Gasteiger partial charge is 0.213 e. The van der Waals surface area contributed by atoms with Gasteiger partial charge >= 0.3 is 0 Å². The van der Waals surface area contributed by atoms with E-state index in [0.29, 0.717) is 30.2 Å². The van der Waals surface area contributed by atoms with Gasteiger partial charge in [-0.25, -0.2) is 23.5 Å². The van der Waals surface area contributed by atoms with E-state index in [9.17, 15) is 8.42 Å². The average molecular weight is 476 g/mol. The maximum Gasteiger partial charge on any atom is 0.213 e. The summed E-state index contributed by atoms with van der Waals surface area (Å²) in [6.07, 6.45) is 7.08. The molecule has 0 fully saturated rings. The number of rotatable bonds is 12. The van der Waals surface area contributed by atoms with Crippen molar-refractivity contribution in [1.29, 1.82) is 0 Å². The molecule has 7 nitrogen and oxygen atoms in total. The number of nitrogens with zero attached hydrogens (tertiary/aromatic N) is 3. The van der Waals surface area contributed by atoms with Gasteiger partial charge in [0.05, 0.1) is 11.4 Å². The first-order chi connectivity index (χ1) is 16.3. The molecule has 0 amide bonds. The van der Waals surface area contributed by atoms with E-state index in [-0.39, 0.29) is 11.8 Å². The standard InChI is InChI=1S/C26H29N5O2S/c1-4-13-31(24(5-2)6-3)17-20-9-7-11-22(14-20)25-16-26(29-19-28-25)30-23-12-8-10-21(15-23)18-34(27,32)33/h4-12,14-16,19,24H,1-3,13,17-18H2,(H2,27,32,33)(H,28,29,30). The highest BCUT2D eigenvalue weighted by molar-refractivity contribution is 7.88. The van der Waals surface area contributed by atoms with Crippen molar-refractivity contribution in [3.63, 3.8) is 0 Å². The van der Waals surface area contributed by atoms with E-state index in [4.69, 9.17) is 5.14 Å². The van der Waals surface area contributed by atoms with Crippen molar-refractivity contribution in [3.05, 3.63) is 110 Å². The molecule has 34 heavy (non-hydrogen) atoms. The van der Waals surface area contributed by atoms with E-state index in [1.807, 2.05) is 42.5 Å². The number of benzene rings is 2. The second kappa shape index (κ2) is 11.5. The Morgan fingerprint density at radius 1 is 1.00 bits per heavy atom. The second-order valence-corrected chi connectivity index (χ2v) is 9.42. The molecule has 0 bridgehead atoms. The van der Waals surface area contributed by atoms with E-state index in [1.165, 1.54) is 6.33 Å². The Labute approximate surface area is 201 Å². The number of primary sulfonamides is 1. The predicted molar refractivity (Wildman–Crippen MR) is 139 cm³/mol. The van der Waals surface area contributed by atoms with Crippen LogP contribution >= 0.6 is 0 Å². The third kappa shape index (κ3) is 7.21. The van der Waals surface area contributed by atoms with Crippen LogP contribution in [0.3, 0.4) is 0 Å². The number of sulfonamides is 1. The molecule has 0 aliphatic rings. The molecule has 3 rings (SSSR count). The summed E-state index contributed by atoms with van der Waals surface area (Å²) in [5, 5.41) is 8.37. The van der Waals surface area contributed by atoms with Crippen LogP contribution < -0.4 is 10.5 Å². The Morgan fingerprint density at radius 2 is 1.74 bits per heavy atom. The van der Waals surface area contributed by atoms with Gasteiger partial charge in [-0.15, -0.1) is 19.7 Å². The fourth-order valence-electron chi connectivity index (χ4n) is 3.62. The zero-order valence-corrected chi connectivity index (χ0v) is 19.8. The van der Waals surface area contributed by atoms with Crippen molar-refractivity contribution < 1.29 is 8.42 Å². The van der Waals surface area contributed by atoms with E-state index in [2.05, 4.69) is 52.1 Å². The molecule has 2 aromatic carbocycles. The van der Waals surface area contributed by atoms with E-state index < -0.39 is 10.0 Å². The van der Waals surface area contributed by atoms with Gasteiger partial charge in [-0.1, -0.05) is 48.6 Å². The molecule has 0 aliphatic carbocycles. The van der Waals surface area contributed by atoms with Gasteiger partial charge < -0.3 is 5.32 Å². The lowest BCUT2D eigenvalue weighted by Crippen LogP contribution is -2.31. The maximum absolute atomic E-state index is 11.4. The quantitative estimate of drug-likeness (QED) is 0.377. The van der Waals surface area contributed by atoms with Crippen LogP contribution in [0.15, 0.2) is 98.9 Å². The molecule has 1 heterocycles. The lowest BCUT2D eigenvalue weighted by atomic mass is 10.1. The topological polar surface area (TPSA) is 101 Å². The number of nitrogens with one attached hydrogen (secondary N) is 1. The molecule has 0 unspecified atom stereocenters. The fraction of sp³-hybridized carbons (Fsp3) is 0.154. The van der Waals surface area contributed by atoms with Crippen LogP contribution in [0.25, 0.3) is 11.3 Å². The Morgan fingerprint density at radius 3 is 2.44 bits per heavy atom. The number of hydrogen-bond acceptors (Lipinski definition) is 6. The van der Waals surface area contributed by atoms with Crippen LogP contribution in [0, 0.1) is 0 Å². The zero-order valence-electron chi connectivity index (χ0n) is 19.0. The molecule has 0 saturated carbocycles. The zero-order chi connectivity index (χ0) is 24.6. The summed E-state index contributed by atoms with van der Waals surface area (Å²) in [6, 6.07) is 17.1. The van der Waals surface area contributed by atoms with Gasteiger partial charge in [0.2, 0.25) is 10.0 Å². The number of hydrogen-bond donors (Lipinski definition) is 2. The van der Waals surface area contributed by atoms with Gasteiger partial charge in [0, 0.05) is 36.4 Å². The summed E-state index contributed by atoms with van der Waals surface area (Å²) in [4.78, 5) is 10.9. The van der Waals surface area contributed by atoms with Crippen LogP contribution in [0.4, 0.5) is 11.5 Å². The Bertz CT molecular complexity index is 1270. The summed E-state index contributed by atoms with van der Waals surface area (Å²) in [7, 11) is -3.61. The highest BCUT2D eigenvalue weighted by Crippen LogP contribution is 2.23. The molecule has 0 aliphatic heterocycles. The van der Waals surface area contributed by atoms with Gasteiger partial charge in [0.25, 0.3) is 0 Å². The monoisotopic (exact) mass is 475 g/mol. The minimum atomic E-state index is -3.61. The summed E-state index contributed by atoms with van der Waals surface area (Å²) >= 11 is 0. The van der Waals surface area contributed by atoms with Crippen molar-refractivity contribution in [2.45, 2.75) is 18.3 Å². The molecular formula is C26H29N5O2S. The van der Waals surface area contributed by atoms with Gasteiger partial charge in [-0.2, -0.15) is 0 Å². The summed E-state index contributed by atoms with van der Waals surface area (Å²) in [5.74, 6) is 0.362. The first-order valence-electron chi connectivity index (χ1n) is 10.7. The normalized spacial score (nSPS) is 11.4. The first kappa shape index (κ1) is 25.0. The average Bonchev–Trinajstić information content (AvgIpc) is 2.79. The summed E-state index contributed by atoms with van der Waals surface area (Å²) in [6.45, 7) is 13.1. The molecule has 3 aromatic rings.